The van der Waals surface area contributed by atoms with Crippen molar-refractivity contribution in [3.8, 4) is 0 Å². The number of halogens is 1. The highest BCUT2D eigenvalue weighted by molar-refractivity contribution is 7.94. The molecule has 0 fully saturated rings. The second kappa shape index (κ2) is 5.90. The van der Waals surface area contributed by atoms with Gasteiger partial charge in [0, 0.05) is 6.20 Å². The van der Waals surface area contributed by atoms with E-state index in [1.807, 2.05) is 0 Å². The molecule has 8 heteroatoms. The fraction of sp³-hybridized carbons (Fsp3) is 0.0714. The summed E-state index contributed by atoms with van der Waals surface area (Å²) in [7, 11) is -3.57. The second-order valence-electron chi connectivity index (χ2n) is 4.59. The predicted molar refractivity (Wildman–Crippen MR) is 82.9 cm³/mol. The molecule has 3 aromatic rings. The Kier molecular flexibility index (Phi) is 3.95. The summed E-state index contributed by atoms with van der Waals surface area (Å²) in [5.74, 6) is -0.298. The number of sulfonamides is 1. The van der Waals surface area contributed by atoms with Crippen molar-refractivity contribution in [2.45, 2.75) is 10.8 Å². The van der Waals surface area contributed by atoms with Crippen LogP contribution in [0.15, 0.2) is 58.4 Å². The fourth-order valence-corrected chi connectivity index (χ4v) is 3.92. The smallest absolute Gasteiger partial charge is 0.271 e. The number of hydrogen-bond acceptors (Lipinski definition) is 4. The summed E-state index contributed by atoms with van der Waals surface area (Å²) in [5, 5.41) is 5.80. The van der Waals surface area contributed by atoms with Crippen molar-refractivity contribution in [2.24, 2.45) is 0 Å². The molecule has 0 aliphatic carbocycles. The Bertz CT molecular complexity index is 856. The Balaban J connectivity index is 1.73. The van der Waals surface area contributed by atoms with Crippen molar-refractivity contribution in [3.05, 3.63) is 65.6 Å². The van der Waals surface area contributed by atoms with Crippen molar-refractivity contribution in [1.29, 1.82) is 0 Å². The van der Waals surface area contributed by atoms with E-state index < -0.39 is 10.0 Å². The molecule has 0 saturated carbocycles. The summed E-state index contributed by atoms with van der Waals surface area (Å²) in [5.41, 5.74) is 1.26. The lowest BCUT2D eigenvalue weighted by Crippen LogP contribution is -2.10. The highest BCUT2D eigenvalue weighted by Gasteiger charge is 2.15. The molecule has 3 rings (SSSR count). The van der Waals surface area contributed by atoms with Crippen molar-refractivity contribution >= 4 is 27.0 Å². The maximum atomic E-state index is 12.9. The van der Waals surface area contributed by atoms with E-state index in [-0.39, 0.29) is 10.0 Å². The maximum absolute atomic E-state index is 12.9. The third-order valence-corrected chi connectivity index (χ3v) is 5.68. The number of rotatable bonds is 5. The Hall–Kier alpha value is -2.19. The average Bonchev–Trinajstić information content (AvgIpc) is 3.13. The van der Waals surface area contributed by atoms with E-state index in [1.165, 1.54) is 24.4 Å². The van der Waals surface area contributed by atoms with Gasteiger partial charge in [-0.15, -0.1) is 11.3 Å². The standard InChI is InChI=1S/C14H12FN3O2S2/c15-12-5-3-11(4-6-12)9-18-10-13(8-16-18)17-22(19,20)14-2-1-7-21-14/h1-8,10,17H,9H2. The highest BCUT2D eigenvalue weighted by Crippen LogP contribution is 2.19. The summed E-state index contributed by atoms with van der Waals surface area (Å²) >= 11 is 1.15. The van der Waals surface area contributed by atoms with Crippen LogP contribution in [-0.2, 0) is 16.6 Å². The van der Waals surface area contributed by atoms with Gasteiger partial charge in [0.2, 0.25) is 0 Å². The molecular weight excluding hydrogens is 325 g/mol. The van der Waals surface area contributed by atoms with Crippen molar-refractivity contribution < 1.29 is 12.8 Å². The van der Waals surface area contributed by atoms with Crippen LogP contribution >= 0.6 is 11.3 Å². The van der Waals surface area contributed by atoms with Crippen LogP contribution in [-0.4, -0.2) is 18.2 Å². The average molecular weight is 337 g/mol. The Morgan fingerprint density at radius 2 is 2.00 bits per heavy atom. The number of benzene rings is 1. The van der Waals surface area contributed by atoms with Gasteiger partial charge in [0.05, 0.1) is 18.4 Å². The molecule has 0 aliphatic heterocycles. The summed E-state index contributed by atoms with van der Waals surface area (Å²) < 4.78 is 41.3. The van der Waals surface area contributed by atoms with Crippen LogP contribution in [0, 0.1) is 5.82 Å². The van der Waals surface area contributed by atoms with Crippen LogP contribution in [0.1, 0.15) is 5.56 Å². The van der Waals surface area contributed by atoms with Gasteiger partial charge in [-0.25, -0.2) is 12.8 Å². The molecule has 0 atom stereocenters. The van der Waals surface area contributed by atoms with E-state index >= 15 is 0 Å². The molecule has 0 saturated heterocycles. The first kappa shape index (κ1) is 14.7. The van der Waals surface area contributed by atoms with E-state index in [1.54, 1.807) is 34.5 Å². The normalized spacial score (nSPS) is 11.5. The number of aromatic nitrogens is 2. The van der Waals surface area contributed by atoms with E-state index in [9.17, 15) is 12.8 Å². The summed E-state index contributed by atoms with van der Waals surface area (Å²) in [6.07, 6.45) is 3.03. The van der Waals surface area contributed by atoms with Crippen molar-refractivity contribution in [2.75, 3.05) is 4.72 Å². The number of hydrogen-bond donors (Lipinski definition) is 1. The van der Waals surface area contributed by atoms with Crippen LogP contribution in [0.5, 0.6) is 0 Å². The number of nitrogens with one attached hydrogen (secondary N) is 1. The summed E-state index contributed by atoms with van der Waals surface area (Å²) in [4.78, 5) is 0. The molecule has 0 amide bonds. The van der Waals surface area contributed by atoms with Crippen LogP contribution < -0.4 is 4.72 Å². The molecule has 2 heterocycles. The Morgan fingerprint density at radius 3 is 2.68 bits per heavy atom. The molecule has 1 aromatic carbocycles. The van der Waals surface area contributed by atoms with E-state index in [2.05, 4.69) is 9.82 Å². The molecule has 114 valence electrons. The van der Waals surface area contributed by atoms with Crippen LogP contribution in [0.3, 0.4) is 0 Å². The third-order valence-electron chi connectivity index (χ3n) is 2.90. The first-order chi connectivity index (χ1) is 10.5. The van der Waals surface area contributed by atoms with Gasteiger partial charge in [0.1, 0.15) is 10.0 Å². The summed E-state index contributed by atoms with van der Waals surface area (Å²) in [6.45, 7) is 0.432. The van der Waals surface area contributed by atoms with Gasteiger partial charge in [-0.2, -0.15) is 5.10 Å². The van der Waals surface area contributed by atoms with Gasteiger partial charge in [-0.3, -0.25) is 9.40 Å². The second-order valence-corrected chi connectivity index (χ2v) is 7.45. The Labute approximate surface area is 131 Å². The zero-order valence-corrected chi connectivity index (χ0v) is 12.9. The van der Waals surface area contributed by atoms with Gasteiger partial charge in [0.25, 0.3) is 10.0 Å². The minimum atomic E-state index is -3.57. The lowest BCUT2D eigenvalue weighted by Gasteiger charge is -2.03. The predicted octanol–water partition coefficient (Wildman–Crippen LogP) is 2.93. The fourth-order valence-electron chi connectivity index (χ4n) is 1.90. The molecule has 5 nitrogen and oxygen atoms in total. The molecule has 2 aromatic heterocycles. The quantitative estimate of drug-likeness (QED) is 0.778. The molecule has 0 spiro atoms. The number of anilines is 1. The minimum absolute atomic E-state index is 0.249. The first-order valence-corrected chi connectivity index (χ1v) is 8.72. The van der Waals surface area contributed by atoms with Crippen molar-refractivity contribution in [3.63, 3.8) is 0 Å². The molecule has 0 bridgehead atoms. The van der Waals surface area contributed by atoms with Gasteiger partial charge in [-0.05, 0) is 29.1 Å². The number of nitrogens with zero attached hydrogens (tertiary/aromatic N) is 2. The third kappa shape index (κ3) is 3.34. The maximum Gasteiger partial charge on any atom is 0.271 e. The van der Waals surface area contributed by atoms with Crippen LogP contribution in [0.4, 0.5) is 10.1 Å². The molecule has 1 N–H and O–H groups in total. The highest BCUT2D eigenvalue weighted by atomic mass is 32.2. The summed E-state index contributed by atoms with van der Waals surface area (Å²) in [6, 6.07) is 9.28. The topological polar surface area (TPSA) is 64.0 Å². The molecule has 0 aliphatic rings. The van der Waals surface area contributed by atoms with Gasteiger partial charge in [0.15, 0.2) is 0 Å². The Morgan fingerprint density at radius 1 is 1.23 bits per heavy atom. The van der Waals surface area contributed by atoms with Gasteiger partial charge < -0.3 is 0 Å². The first-order valence-electron chi connectivity index (χ1n) is 6.36. The molecule has 22 heavy (non-hydrogen) atoms. The van der Waals surface area contributed by atoms with E-state index in [0.717, 1.165) is 16.9 Å². The lowest BCUT2D eigenvalue weighted by molar-refractivity contribution is 0.603. The van der Waals surface area contributed by atoms with E-state index in [4.69, 9.17) is 0 Å². The van der Waals surface area contributed by atoms with E-state index in [0.29, 0.717) is 12.2 Å². The van der Waals surface area contributed by atoms with Crippen molar-refractivity contribution in [1.82, 2.24) is 9.78 Å². The monoisotopic (exact) mass is 337 g/mol. The lowest BCUT2D eigenvalue weighted by atomic mass is 10.2. The molecular formula is C14H12FN3O2S2. The molecule has 0 unspecified atom stereocenters. The van der Waals surface area contributed by atoms with Crippen LogP contribution in [0.2, 0.25) is 0 Å². The minimum Gasteiger partial charge on any atom is -0.276 e. The zero-order valence-electron chi connectivity index (χ0n) is 11.3. The SMILES string of the molecule is O=S(=O)(Nc1cnn(Cc2ccc(F)cc2)c1)c1cccs1. The van der Waals surface area contributed by atoms with Gasteiger partial charge >= 0.3 is 0 Å². The number of thiophene rings is 1. The largest absolute Gasteiger partial charge is 0.276 e. The van der Waals surface area contributed by atoms with Crippen LogP contribution in [0.25, 0.3) is 0 Å². The van der Waals surface area contributed by atoms with Gasteiger partial charge in [-0.1, -0.05) is 18.2 Å². The molecule has 0 radical (unpaired) electrons. The zero-order chi connectivity index (χ0) is 15.6.